The molecule has 10 heteroatoms. The van der Waals surface area contributed by atoms with Gasteiger partial charge >= 0.3 is 0 Å². The summed E-state index contributed by atoms with van der Waals surface area (Å²) in [5, 5.41) is 23.0. The fraction of sp³-hybridized carbons (Fsp3) is 0.417. The average molecular weight is 646 g/mol. The fourth-order valence-electron chi connectivity index (χ4n) is 1.89. The van der Waals surface area contributed by atoms with Gasteiger partial charge in [0.2, 0.25) is 11.8 Å². The molecule has 4 N–H and O–H groups in total. The number of hydrogen-bond acceptors (Lipinski definition) is 5. The highest BCUT2D eigenvalue weighted by atomic mass is 127. The van der Waals surface area contributed by atoms with Crippen molar-refractivity contribution in [3.8, 4) is 0 Å². The van der Waals surface area contributed by atoms with E-state index < -0.39 is 34.5 Å². The van der Waals surface area contributed by atoms with Gasteiger partial charge in [0.1, 0.15) is 18.8 Å². The number of hydrogen-bond donors (Lipinski definition) is 4. The van der Waals surface area contributed by atoms with Crippen LogP contribution in [0.4, 0.5) is 0 Å². The van der Waals surface area contributed by atoms with E-state index in [-0.39, 0.29) is 5.78 Å². The molecule has 0 aliphatic heterocycles. The summed E-state index contributed by atoms with van der Waals surface area (Å²) in [5.41, 5.74) is -0.942. The van der Waals surface area contributed by atoms with Crippen molar-refractivity contribution in [2.75, 3.05) is 13.2 Å². The maximum atomic E-state index is 12.3. The molecule has 122 valence electrons. The summed E-state index contributed by atoms with van der Waals surface area (Å²) >= 11 is 5.92. The number of rotatable bonds is 5. The van der Waals surface area contributed by atoms with Gasteiger partial charge in [0.25, 0.3) is 0 Å². The minimum Gasteiger partial charge on any atom is -0.387 e. The molecule has 1 rings (SSSR count). The lowest BCUT2D eigenvalue weighted by Crippen LogP contribution is -2.63. The summed E-state index contributed by atoms with van der Waals surface area (Å²) in [6.07, 6.45) is 1.67. The molecule has 0 radical (unpaired) electrons. The predicted octanol–water partition coefficient (Wildman–Crippen LogP) is 0.314. The zero-order valence-electron chi connectivity index (χ0n) is 11.3. The number of nitrogens with one attached hydrogen (secondary N) is 2. The molecule has 0 fully saturated rings. The van der Waals surface area contributed by atoms with E-state index in [1.165, 1.54) is 6.92 Å². The van der Waals surface area contributed by atoms with Gasteiger partial charge in [0, 0.05) is 12.9 Å². The van der Waals surface area contributed by atoms with Crippen molar-refractivity contribution in [1.82, 2.24) is 10.6 Å². The van der Waals surface area contributed by atoms with Crippen LogP contribution in [0.3, 0.4) is 0 Å². The Labute approximate surface area is 167 Å². The molecule has 0 aromatic heterocycles. The van der Waals surface area contributed by atoms with Crippen molar-refractivity contribution in [2.45, 2.75) is 16.4 Å². The molecule has 0 aromatic rings. The van der Waals surface area contributed by atoms with Crippen molar-refractivity contribution in [3.05, 3.63) is 18.9 Å². The Morgan fingerprint density at radius 2 is 1.77 bits per heavy atom. The molecule has 0 aromatic carbocycles. The highest BCUT2D eigenvalue weighted by molar-refractivity contribution is 14.1. The molecule has 22 heavy (non-hydrogen) atoms. The number of carbonyl (C=O) groups is 3. The number of aliphatic hydroxyl groups excluding tert-OH is 2. The normalized spacial score (nSPS) is 24.6. The first kappa shape index (κ1) is 20.2. The van der Waals surface area contributed by atoms with Crippen LogP contribution >= 0.6 is 67.8 Å². The Kier molecular flexibility index (Phi) is 7.68. The largest absolute Gasteiger partial charge is 0.387 e. The summed E-state index contributed by atoms with van der Waals surface area (Å²) in [6, 6.07) is 0. The smallest absolute Gasteiger partial charge is 0.249 e. The van der Waals surface area contributed by atoms with Gasteiger partial charge in [-0.25, -0.2) is 0 Å². The van der Waals surface area contributed by atoms with Gasteiger partial charge < -0.3 is 20.8 Å². The van der Waals surface area contributed by atoms with Crippen molar-refractivity contribution >= 4 is 85.4 Å². The number of ketones is 1. The molecule has 0 spiro atoms. The molecule has 1 aliphatic rings. The molecule has 7 nitrogen and oxygen atoms in total. The number of Topliss-reactive ketones (excluding diaryl/α,β-unsaturated/α-hetero) is 1. The Morgan fingerprint density at radius 1 is 1.23 bits per heavy atom. The van der Waals surface area contributed by atoms with Crippen LogP contribution < -0.4 is 10.6 Å². The fourth-order valence-corrected chi connectivity index (χ4v) is 7.00. The number of allylic oxidation sites excluding steroid dienone is 2. The van der Waals surface area contributed by atoms with Crippen LogP contribution in [0.2, 0.25) is 0 Å². The molecule has 2 unspecified atom stereocenters. The Bertz CT molecular complexity index is 575. The van der Waals surface area contributed by atoms with Gasteiger partial charge in [-0.05, 0) is 58.2 Å². The average Bonchev–Trinajstić information content (AvgIpc) is 2.46. The van der Waals surface area contributed by atoms with Crippen LogP contribution in [0.5, 0.6) is 0 Å². The quantitative estimate of drug-likeness (QED) is 0.254. The standard InChI is InChI=1S/C12H13I3N2O5/c1-5(20)12(17-9(22)4-19)7(14)2-6(13)10(11(12)15)16-8(21)3-18/h2,11,18-19H,3-4H2,1H3,(H,16,21)(H,17,22). The zero-order valence-corrected chi connectivity index (χ0v) is 17.8. The molecule has 0 saturated heterocycles. The molecule has 0 saturated carbocycles. The van der Waals surface area contributed by atoms with Gasteiger partial charge in [-0.1, -0.05) is 22.6 Å². The van der Waals surface area contributed by atoms with Crippen molar-refractivity contribution in [2.24, 2.45) is 0 Å². The summed E-state index contributed by atoms with van der Waals surface area (Å²) in [6.45, 7) is -0.103. The van der Waals surface area contributed by atoms with Crippen LogP contribution in [0.25, 0.3) is 0 Å². The van der Waals surface area contributed by atoms with E-state index >= 15 is 0 Å². The minimum absolute atomic E-state index is 0.325. The number of alkyl halides is 1. The van der Waals surface area contributed by atoms with Crippen molar-refractivity contribution in [3.63, 3.8) is 0 Å². The first-order chi connectivity index (χ1) is 10.2. The number of aliphatic hydroxyl groups is 2. The van der Waals surface area contributed by atoms with Gasteiger partial charge in [-0.15, -0.1) is 0 Å². The van der Waals surface area contributed by atoms with E-state index in [2.05, 4.69) is 10.6 Å². The Balaban J connectivity index is 3.36. The lowest BCUT2D eigenvalue weighted by atomic mass is 9.85. The van der Waals surface area contributed by atoms with Gasteiger partial charge in [-0.3, -0.25) is 14.4 Å². The topological polar surface area (TPSA) is 116 Å². The SMILES string of the molecule is CC(=O)C1(NC(=O)CO)C(I)=CC(I)=C(NC(=O)CO)C1I. The molecule has 1 aliphatic carbocycles. The van der Waals surface area contributed by atoms with E-state index in [9.17, 15) is 14.4 Å². The van der Waals surface area contributed by atoms with E-state index in [4.69, 9.17) is 10.2 Å². The highest BCUT2D eigenvalue weighted by Crippen LogP contribution is 2.42. The third-order valence-corrected chi connectivity index (χ3v) is 6.59. The van der Waals surface area contributed by atoms with Gasteiger partial charge in [-0.2, -0.15) is 0 Å². The van der Waals surface area contributed by atoms with Crippen LogP contribution in [-0.2, 0) is 14.4 Å². The second-order valence-corrected chi connectivity index (χ2v) is 7.96. The third kappa shape index (κ3) is 3.99. The summed E-state index contributed by atoms with van der Waals surface area (Å²) < 4.78 is 0.668. The number of amides is 2. The second-order valence-electron chi connectivity index (χ2n) is 4.39. The van der Waals surface area contributed by atoms with Crippen molar-refractivity contribution in [1.29, 1.82) is 0 Å². The van der Waals surface area contributed by atoms with E-state index in [1.54, 1.807) is 6.08 Å². The first-order valence-electron chi connectivity index (χ1n) is 5.95. The zero-order chi connectivity index (χ0) is 17.1. The van der Waals surface area contributed by atoms with Crippen LogP contribution in [0, 0.1) is 0 Å². The summed E-state index contributed by atoms with van der Waals surface area (Å²) in [7, 11) is 0. The van der Waals surface area contributed by atoms with E-state index in [1.807, 2.05) is 67.8 Å². The monoisotopic (exact) mass is 646 g/mol. The molecule has 2 amide bonds. The maximum Gasteiger partial charge on any atom is 0.249 e. The van der Waals surface area contributed by atoms with Gasteiger partial charge in [0.15, 0.2) is 5.78 Å². The molecule has 0 bridgehead atoms. The third-order valence-electron chi connectivity index (χ3n) is 2.97. The summed E-state index contributed by atoms with van der Waals surface area (Å²) in [4.78, 5) is 35.4. The van der Waals surface area contributed by atoms with E-state index in [0.29, 0.717) is 12.9 Å². The second kappa shape index (κ2) is 8.34. The first-order valence-corrected chi connectivity index (χ1v) is 9.36. The Hall–Kier alpha value is 0.200. The molecule has 0 heterocycles. The van der Waals surface area contributed by atoms with Crippen LogP contribution in [0.1, 0.15) is 6.92 Å². The summed E-state index contributed by atoms with van der Waals surface area (Å²) in [5.74, 6) is -1.62. The molecular formula is C12H13I3N2O5. The maximum absolute atomic E-state index is 12.3. The predicted molar refractivity (Wildman–Crippen MR) is 105 cm³/mol. The molecular weight excluding hydrogens is 633 g/mol. The van der Waals surface area contributed by atoms with Crippen LogP contribution in [0.15, 0.2) is 18.9 Å². The van der Waals surface area contributed by atoms with E-state index in [0.717, 1.165) is 0 Å². The lowest BCUT2D eigenvalue weighted by Gasteiger charge is -2.40. The van der Waals surface area contributed by atoms with Crippen LogP contribution in [-0.4, -0.2) is 50.5 Å². The minimum atomic E-state index is -1.37. The lowest BCUT2D eigenvalue weighted by molar-refractivity contribution is -0.130. The van der Waals surface area contributed by atoms with Gasteiger partial charge in [0.05, 0.1) is 3.92 Å². The molecule has 2 atom stereocenters. The highest BCUT2D eigenvalue weighted by Gasteiger charge is 2.50. The number of carbonyl (C=O) groups excluding carboxylic acids is 3. The number of halogens is 3. The van der Waals surface area contributed by atoms with Crippen molar-refractivity contribution < 1.29 is 24.6 Å². The Morgan fingerprint density at radius 3 is 2.23 bits per heavy atom.